The lowest BCUT2D eigenvalue weighted by molar-refractivity contribution is -0.137. The molecule has 1 aliphatic heterocycles. The summed E-state index contributed by atoms with van der Waals surface area (Å²) in [6.07, 6.45) is -4.22. The van der Waals surface area contributed by atoms with Crippen LogP contribution in [0.5, 0.6) is 0 Å². The number of carbonyl (C=O) groups excluding carboxylic acids is 1. The fraction of sp³-hybridized carbons (Fsp3) is 0.562. The lowest BCUT2D eigenvalue weighted by atomic mass is 10.2. The number of anilines is 1. The number of nitrogens with one attached hydrogen (secondary N) is 1. The number of carbonyl (C=O) groups is 1. The molecular weight excluding hydrogens is 323 g/mol. The Labute approximate surface area is 139 Å². The molecule has 2 amide bonds. The van der Waals surface area contributed by atoms with Crippen LogP contribution in [0.15, 0.2) is 24.3 Å². The van der Waals surface area contributed by atoms with Crippen molar-refractivity contribution in [2.75, 3.05) is 31.6 Å². The van der Waals surface area contributed by atoms with Crippen molar-refractivity contribution in [3.8, 4) is 0 Å². The van der Waals surface area contributed by atoms with Gasteiger partial charge in [-0.25, -0.2) is 4.79 Å². The Hall–Kier alpha value is -1.96. The van der Waals surface area contributed by atoms with Gasteiger partial charge in [-0.15, -0.1) is 0 Å². The normalized spacial score (nSPS) is 19.2. The molecule has 0 aliphatic carbocycles. The summed E-state index contributed by atoms with van der Waals surface area (Å²) in [6, 6.07) is 4.69. The molecule has 2 N–H and O–H groups in total. The molecule has 134 valence electrons. The van der Waals surface area contributed by atoms with E-state index in [-0.39, 0.29) is 18.6 Å². The number of rotatable bonds is 4. The van der Waals surface area contributed by atoms with Gasteiger partial charge in [-0.2, -0.15) is 13.2 Å². The van der Waals surface area contributed by atoms with Gasteiger partial charge in [-0.3, -0.25) is 0 Å². The standard InChI is InChI=1S/C16H22F3N3O2/c1-11(23)9-21(2)15(24)20-13-7-8-22(10-13)14-5-3-12(4-6-14)16(17,18)19/h3-6,11,13,23H,7-10H2,1-2H3,(H,20,24)/t11-,13-/m1/s1. The number of alkyl halides is 3. The Morgan fingerprint density at radius 1 is 1.42 bits per heavy atom. The number of aliphatic hydroxyl groups excluding tert-OH is 1. The summed E-state index contributed by atoms with van der Waals surface area (Å²) in [7, 11) is 1.60. The first-order valence-corrected chi connectivity index (χ1v) is 7.78. The number of urea groups is 1. The summed E-state index contributed by atoms with van der Waals surface area (Å²) in [4.78, 5) is 15.3. The molecule has 0 spiro atoms. The first kappa shape index (κ1) is 18.4. The van der Waals surface area contributed by atoms with E-state index in [9.17, 15) is 23.1 Å². The monoisotopic (exact) mass is 345 g/mol. The second-order valence-electron chi connectivity index (χ2n) is 6.16. The number of nitrogens with zero attached hydrogens (tertiary/aromatic N) is 2. The van der Waals surface area contributed by atoms with Crippen LogP contribution in [0.4, 0.5) is 23.7 Å². The molecule has 1 aromatic carbocycles. The van der Waals surface area contributed by atoms with Gasteiger partial charge < -0.3 is 20.2 Å². The van der Waals surface area contributed by atoms with E-state index in [2.05, 4.69) is 5.32 Å². The van der Waals surface area contributed by atoms with Gasteiger partial charge >= 0.3 is 12.2 Å². The minimum Gasteiger partial charge on any atom is -0.392 e. The third-order valence-electron chi connectivity index (χ3n) is 3.96. The Morgan fingerprint density at radius 2 is 2.04 bits per heavy atom. The number of benzene rings is 1. The van der Waals surface area contributed by atoms with Crippen molar-refractivity contribution < 1.29 is 23.1 Å². The summed E-state index contributed by atoms with van der Waals surface area (Å²) < 4.78 is 37.8. The van der Waals surface area contributed by atoms with Gasteiger partial charge in [0.05, 0.1) is 11.7 Å². The number of hydrogen-bond donors (Lipinski definition) is 2. The van der Waals surface area contributed by atoms with E-state index in [0.717, 1.165) is 18.6 Å². The van der Waals surface area contributed by atoms with E-state index in [1.165, 1.54) is 17.0 Å². The van der Waals surface area contributed by atoms with Crippen LogP contribution in [0.25, 0.3) is 0 Å². The van der Waals surface area contributed by atoms with E-state index >= 15 is 0 Å². The predicted octanol–water partition coefficient (Wildman–Crippen LogP) is 2.31. The zero-order chi connectivity index (χ0) is 17.9. The molecule has 0 aromatic heterocycles. The highest BCUT2D eigenvalue weighted by Crippen LogP contribution is 2.31. The lowest BCUT2D eigenvalue weighted by Crippen LogP contribution is -2.46. The molecule has 0 radical (unpaired) electrons. The molecule has 0 saturated carbocycles. The number of halogens is 3. The van der Waals surface area contributed by atoms with Gasteiger partial charge in [0.1, 0.15) is 0 Å². The van der Waals surface area contributed by atoms with Crippen LogP contribution in [0, 0.1) is 0 Å². The first-order chi connectivity index (χ1) is 11.2. The SMILES string of the molecule is C[C@@H](O)CN(C)C(=O)N[C@@H]1CCN(c2ccc(C(F)(F)F)cc2)C1. The second-order valence-corrected chi connectivity index (χ2v) is 6.16. The Kier molecular flexibility index (Phi) is 5.58. The number of likely N-dealkylation sites (N-methyl/N-ethyl adjacent to an activating group) is 1. The van der Waals surface area contributed by atoms with Crippen LogP contribution in [-0.2, 0) is 6.18 Å². The summed E-state index contributed by atoms with van der Waals surface area (Å²) in [5.74, 6) is 0. The fourth-order valence-corrected chi connectivity index (χ4v) is 2.74. The third kappa shape index (κ3) is 4.77. The molecule has 2 atom stereocenters. The number of hydrogen-bond acceptors (Lipinski definition) is 3. The second kappa shape index (κ2) is 7.29. The quantitative estimate of drug-likeness (QED) is 0.880. The van der Waals surface area contributed by atoms with Crippen molar-refractivity contribution in [3.05, 3.63) is 29.8 Å². The van der Waals surface area contributed by atoms with Crippen molar-refractivity contribution in [1.29, 1.82) is 0 Å². The topological polar surface area (TPSA) is 55.8 Å². The van der Waals surface area contributed by atoms with Crippen LogP contribution in [0.2, 0.25) is 0 Å². The van der Waals surface area contributed by atoms with Gasteiger partial charge in [0.15, 0.2) is 0 Å². The maximum absolute atomic E-state index is 12.6. The molecule has 1 heterocycles. The van der Waals surface area contributed by atoms with Gasteiger partial charge in [-0.05, 0) is 37.6 Å². The van der Waals surface area contributed by atoms with Crippen LogP contribution in [0.3, 0.4) is 0 Å². The number of aliphatic hydroxyl groups is 1. The van der Waals surface area contributed by atoms with E-state index in [1.54, 1.807) is 14.0 Å². The van der Waals surface area contributed by atoms with Gasteiger partial charge in [0.2, 0.25) is 0 Å². The van der Waals surface area contributed by atoms with E-state index in [4.69, 9.17) is 0 Å². The van der Waals surface area contributed by atoms with Gasteiger partial charge in [-0.1, -0.05) is 0 Å². The average molecular weight is 345 g/mol. The smallest absolute Gasteiger partial charge is 0.392 e. The highest BCUT2D eigenvalue weighted by Gasteiger charge is 2.31. The molecule has 1 saturated heterocycles. The van der Waals surface area contributed by atoms with E-state index < -0.39 is 17.8 Å². The molecule has 2 rings (SSSR count). The fourth-order valence-electron chi connectivity index (χ4n) is 2.74. The van der Waals surface area contributed by atoms with Crippen molar-refractivity contribution in [2.24, 2.45) is 0 Å². The summed E-state index contributed by atoms with van der Waals surface area (Å²) in [6.45, 7) is 3.04. The van der Waals surface area contributed by atoms with Crippen LogP contribution in [0.1, 0.15) is 18.9 Å². The summed E-state index contributed by atoms with van der Waals surface area (Å²) in [5.41, 5.74) is 0.0344. The maximum Gasteiger partial charge on any atom is 0.416 e. The Balaban J connectivity index is 1.90. The predicted molar refractivity (Wildman–Crippen MR) is 84.9 cm³/mol. The largest absolute Gasteiger partial charge is 0.416 e. The molecule has 1 fully saturated rings. The minimum absolute atomic E-state index is 0.0729. The molecule has 8 heteroatoms. The van der Waals surface area contributed by atoms with Crippen LogP contribution < -0.4 is 10.2 Å². The maximum atomic E-state index is 12.6. The van der Waals surface area contributed by atoms with Crippen LogP contribution in [-0.4, -0.2) is 54.9 Å². The molecule has 24 heavy (non-hydrogen) atoms. The van der Waals surface area contributed by atoms with E-state index in [0.29, 0.717) is 18.8 Å². The Bertz CT molecular complexity index is 561. The highest BCUT2D eigenvalue weighted by molar-refractivity contribution is 5.74. The average Bonchev–Trinajstić information content (AvgIpc) is 2.94. The molecule has 5 nitrogen and oxygen atoms in total. The Morgan fingerprint density at radius 3 is 2.58 bits per heavy atom. The summed E-state index contributed by atoms with van der Waals surface area (Å²) >= 11 is 0. The van der Waals surface area contributed by atoms with Gasteiger partial charge in [0, 0.05) is 38.4 Å². The molecule has 1 aliphatic rings. The van der Waals surface area contributed by atoms with Crippen molar-refractivity contribution in [2.45, 2.75) is 31.7 Å². The van der Waals surface area contributed by atoms with Crippen molar-refractivity contribution >= 4 is 11.7 Å². The third-order valence-corrected chi connectivity index (χ3v) is 3.96. The molecule has 1 aromatic rings. The summed E-state index contributed by atoms with van der Waals surface area (Å²) in [5, 5.41) is 12.2. The molecule has 0 bridgehead atoms. The van der Waals surface area contributed by atoms with Crippen molar-refractivity contribution in [1.82, 2.24) is 10.2 Å². The highest BCUT2D eigenvalue weighted by atomic mass is 19.4. The van der Waals surface area contributed by atoms with Gasteiger partial charge in [0.25, 0.3) is 0 Å². The number of amides is 2. The molecular formula is C16H22F3N3O2. The van der Waals surface area contributed by atoms with Crippen LogP contribution >= 0.6 is 0 Å². The zero-order valence-electron chi connectivity index (χ0n) is 13.7. The lowest BCUT2D eigenvalue weighted by Gasteiger charge is -2.23. The molecule has 0 unspecified atom stereocenters. The zero-order valence-corrected chi connectivity index (χ0v) is 13.7. The van der Waals surface area contributed by atoms with Crippen molar-refractivity contribution in [3.63, 3.8) is 0 Å². The van der Waals surface area contributed by atoms with E-state index in [1.807, 2.05) is 4.90 Å². The first-order valence-electron chi connectivity index (χ1n) is 7.78. The minimum atomic E-state index is -4.34.